The van der Waals surface area contributed by atoms with E-state index < -0.39 is 29.5 Å². The number of hydrogen-bond acceptors (Lipinski definition) is 5. The Balaban J connectivity index is 1.49. The molecule has 1 aliphatic heterocycles. The van der Waals surface area contributed by atoms with Gasteiger partial charge in [-0.2, -0.15) is 18.3 Å². The van der Waals surface area contributed by atoms with Gasteiger partial charge in [-0.05, 0) is 42.0 Å². The molecule has 2 heterocycles. The fraction of sp³-hybridized carbons (Fsp3) is 0.158. The SMILES string of the molecule is O=C(NCc1ccc2c(c1)OCO2)Oc1cnn(-c2ccc(F)cc2)c1C(F)(F)F. The summed E-state index contributed by atoms with van der Waals surface area (Å²) in [4.78, 5) is 12.0. The van der Waals surface area contributed by atoms with Crippen LogP contribution in [-0.2, 0) is 12.7 Å². The van der Waals surface area contributed by atoms with Crippen LogP contribution in [0, 0.1) is 5.82 Å². The molecular formula is C19H13F4N3O4. The average molecular weight is 423 g/mol. The Morgan fingerprint density at radius 3 is 2.60 bits per heavy atom. The standard InChI is InChI=1S/C19H13F4N3O4/c20-12-2-4-13(5-3-12)26-17(19(21,22)23)16(9-25-26)30-18(27)24-8-11-1-6-14-15(7-11)29-10-28-14/h1-7,9H,8,10H2,(H,24,27). The molecule has 3 aromatic rings. The normalized spacial score (nSPS) is 12.7. The van der Waals surface area contributed by atoms with Gasteiger partial charge in [0.25, 0.3) is 0 Å². The Labute approximate surface area is 166 Å². The molecular weight excluding hydrogens is 410 g/mol. The van der Waals surface area contributed by atoms with Gasteiger partial charge in [0.15, 0.2) is 22.9 Å². The van der Waals surface area contributed by atoms with E-state index in [1.807, 2.05) is 0 Å². The van der Waals surface area contributed by atoms with Crippen molar-refractivity contribution in [3.05, 3.63) is 65.7 Å². The molecule has 0 saturated carbocycles. The van der Waals surface area contributed by atoms with Crippen LogP contribution in [-0.4, -0.2) is 22.7 Å². The summed E-state index contributed by atoms with van der Waals surface area (Å²) >= 11 is 0. The lowest BCUT2D eigenvalue weighted by atomic mass is 10.2. The van der Waals surface area contributed by atoms with Gasteiger partial charge in [-0.15, -0.1) is 0 Å². The number of halogens is 4. The van der Waals surface area contributed by atoms with Crippen LogP contribution in [0.4, 0.5) is 22.4 Å². The molecule has 0 unspecified atom stereocenters. The third-order valence-corrected chi connectivity index (χ3v) is 4.15. The van der Waals surface area contributed by atoms with Gasteiger partial charge < -0.3 is 19.5 Å². The molecule has 1 aliphatic rings. The van der Waals surface area contributed by atoms with Gasteiger partial charge in [-0.3, -0.25) is 0 Å². The molecule has 0 spiro atoms. The summed E-state index contributed by atoms with van der Waals surface area (Å²) in [5.41, 5.74) is -0.707. The summed E-state index contributed by atoms with van der Waals surface area (Å²) in [6, 6.07) is 9.20. The fourth-order valence-corrected chi connectivity index (χ4v) is 2.81. The van der Waals surface area contributed by atoms with Crippen molar-refractivity contribution < 1.29 is 36.6 Å². The minimum Gasteiger partial charge on any atom is -0.454 e. The van der Waals surface area contributed by atoms with Gasteiger partial charge in [0.05, 0.1) is 11.9 Å². The molecule has 1 N–H and O–H groups in total. The van der Waals surface area contributed by atoms with E-state index in [1.54, 1.807) is 18.2 Å². The van der Waals surface area contributed by atoms with Crippen molar-refractivity contribution in [2.45, 2.75) is 12.7 Å². The quantitative estimate of drug-likeness (QED) is 0.641. The maximum Gasteiger partial charge on any atom is 0.437 e. The highest BCUT2D eigenvalue weighted by atomic mass is 19.4. The largest absolute Gasteiger partial charge is 0.454 e. The third-order valence-electron chi connectivity index (χ3n) is 4.15. The Kier molecular flexibility index (Phi) is 4.94. The molecule has 0 saturated heterocycles. The van der Waals surface area contributed by atoms with Crippen molar-refractivity contribution in [1.29, 1.82) is 0 Å². The first kappa shape index (κ1) is 19.6. The highest BCUT2D eigenvalue weighted by Gasteiger charge is 2.40. The number of aromatic nitrogens is 2. The van der Waals surface area contributed by atoms with Gasteiger partial charge in [0.1, 0.15) is 5.82 Å². The summed E-state index contributed by atoms with van der Waals surface area (Å²) in [5.74, 6) is -0.333. The van der Waals surface area contributed by atoms with E-state index in [9.17, 15) is 22.4 Å². The molecule has 4 rings (SSSR count). The van der Waals surface area contributed by atoms with Gasteiger partial charge in [0, 0.05) is 6.54 Å². The molecule has 0 aliphatic carbocycles. The number of benzene rings is 2. The number of rotatable bonds is 4. The molecule has 7 nitrogen and oxygen atoms in total. The number of ether oxygens (including phenoxy) is 3. The van der Waals surface area contributed by atoms with E-state index in [0.717, 1.165) is 30.5 Å². The molecule has 0 radical (unpaired) electrons. The topological polar surface area (TPSA) is 74.6 Å². The van der Waals surface area contributed by atoms with Crippen molar-refractivity contribution in [3.63, 3.8) is 0 Å². The lowest BCUT2D eigenvalue weighted by Crippen LogP contribution is -2.27. The Morgan fingerprint density at radius 2 is 1.87 bits per heavy atom. The number of carbonyl (C=O) groups excluding carboxylic acids is 1. The maximum absolute atomic E-state index is 13.6. The second-order valence-electron chi connectivity index (χ2n) is 6.17. The van der Waals surface area contributed by atoms with Crippen LogP contribution in [0.2, 0.25) is 0 Å². The number of fused-ring (bicyclic) bond motifs is 1. The van der Waals surface area contributed by atoms with Crippen molar-refractivity contribution in [3.8, 4) is 22.9 Å². The molecule has 30 heavy (non-hydrogen) atoms. The minimum atomic E-state index is -4.88. The van der Waals surface area contributed by atoms with Crippen molar-refractivity contribution >= 4 is 6.09 Å². The first-order valence-electron chi connectivity index (χ1n) is 8.56. The zero-order valence-electron chi connectivity index (χ0n) is 15.1. The smallest absolute Gasteiger partial charge is 0.437 e. The van der Waals surface area contributed by atoms with Crippen molar-refractivity contribution in [1.82, 2.24) is 15.1 Å². The Morgan fingerprint density at radius 1 is 1.13 bits per heavy atom. The number of amides is 1. The van der Waals surface area contributed by atoms with E-state index in [0.29, 0.717) is 21.7 Å². The van der Waals surface area contributed by atoms with E-state index in [2.05, 4.69) is 10.4 Å². The van der Waals surface area contributed by atoms with Gasteiger partial charge >= 0.3 is 12.3 Å². The number of nitrogens with zero attached hydrogens (tertiary/aromatic N) is 2. The molecule has 1 aromatic heterocycles. The molecule has 156 valence electrons. The zero-order valence-corrected chi connectivity index (χ0v) is 15.1. The van der Waals surface area contributed by atoms with Crippen LogP contribution in [0.1, 0.15) is 11.3 Å². The summed E-state index contributed by atoms with van der Waals surface area (Å²) in [7, 11) is 0. The van der Waals surface area contributed by atoms with Crippen LogP contribution < -0.4 is 19.5 Å². The second-order valence-corrected chi connectivity index (χ2v) is 6.17. The van der Waals surface area contributed by atoms with E-state index in [-0.39, 0.29) is 19.0 Å². The van der Waals surface area contributed by atoms with E-state index in [1.165, 1.54) is 0 Å². The second kappa shape index (κ2) is 7.58. The first-order chi connectivity index (χ1) is 14.3. The molecule has 0 atom stereocenters. The van der Waals surface area contributed by atoms with Crippen molar-refractivity contribution in [2.24, 2.45) is 0 Å². The molecule has 0 fully saturated rings. The highest BCUT2D eigenvalue weighted by molar-refractivity contribution is 5.70. The van der Waals surface area contributed by atoms with E-state index in [4.69, 9.17) is 14.2 Å². The van der Waals surface area contributed by atoms with Crippen LogP contribution in [0.25, 0.3) is 5.69 Å². The summed E-state index contributed by atoms with van der Waals surface area (Å²) in [6.07, 6.45) is -5.21. The number of nitrogens with one attached hydrogen (secondary N) is 1. The van der Waals surface area contributed by atoms with Crippen LogP contribution in [0.5, 0.6) is 17.2 Å². The van der Waals surface area contributed by atoms with Gasteiger partial charge in [0.2, 0.25) is 6.79 Å². The minimum absolute atomic E-state index is 0.0110. The third kappa shape index (κ3) is 4.00. The number of carbonyl (C=O) groups is 1. The zero-order chi connectivity index (χ0) is 21.3. The maximum atomic E-state index is 13.6. The van der Waals surface area contributed by atoms with Gasteiger partial charge in [-0.1, -0.05) is 6.07 Å². The summed E-state index contributed by atoms with van der Waals surface area (Å²) < 4.78 is 69.5. The van der Waals surface area contributed by atoms with Gasteiger partial charge in [-0.25, -0.2) is 13.9 Å². The number of alkyl halides is 3. The molecule has 2 aromatic carbocycles. The molecule has 1 amide bonds. The Bertz CT molecular complexity index is 1080. The van der Waals surface area contributed by atoms with Crippen LogP contribution >= 0.6 is 0 Å². The molecule has 0 bridgehead atoms. The predicted molar refractivity (Wildman–Crippen MR) is 94.0 cm³/mol. The average Bonchev–Trinajstić information content (AvgIpc) is 3.33. The lowest BCUT2D eigenvalue weighted by molar-refractivity contribution is -0.143. The number of hydrogen-bond donors (Lipinski definition) is 1. The lowest BCUT2D eigenvalue weighted by Gasteiger charge is -2.13. The predicted octanol–water partition coefficient (Wildman–Crippen LogP) is 4.05. The summed E-state index contributed by atoms with van der Waals surface area (Å²) in [5, 5.41) is 5.99. The van der Waals surface area contributed by atoms with Crippen molar-refractivity contribution in [2.75, 3.05) is 6.79 Å². The Hall–Kier alpha value is -3.76. The summed E-state index contributed by atoms with van der Waals surface area (Å²) in [6.45, 7) is 0.0788. The monoisotopic (exact) mass is 423 g/mol. The first-order valence-corrected chi connectivity index (χ1v) is 8.56. The highest BCUT2D eigenvalue weighted by Crippen LogP contribution is 2.37. The van der Waals surface area contributed by atoms with Crippen LogP contribution in [0.3, 0.4) is 0 Å². The fourth-order valence-electron chi connectivity index (χ4n) is 2.81. The van der Waals surface area contributed by atoms with E-state index >= 15 is 0 Å². The van der Waals surface area contributed by atoms with Crippen LogP contribution in [0.15, 0.2) is 48.7 Å². The molecule has 11 heteroatoms.